The van der Waals surface area contributed by atoms with E-state index in [0.717, 1.165) is 6.54 Å². The van der Waals surface area contributed by atoms with Crippen molar-refractivity contribution >= 4 is 9.84 Å². The maximum Gasteiger partial charge on any atom is 0.152 e. The van der Waals surface area contributed by atoms with Crippen LogP contribution in [0.15, 0.2) is 24.3 Å². The van der Waals surface area contributed by atoms with Crippen molar-refractivity contribution < 1.29 is 8.42 Å². The molecule has 0 saturated heterocycles. The van der Waals surface area contributed by atoms with E-state index in [-0.39, 0.29) is 16.9 Å². The third kappa shape index (κ3) is 4.82. The van der Waals surface area contributed by atoms with Crippen molar-refractivity contribution in [3.05, 3.63) is 35.4 Å². The fourth-order valence-corrected chi connectivity index (χ4v) is 3.64. The molecular formula is C17H27NO2S. The summed E-state index contributed by atoms with van der Waals surface area (Å²) in [5.74, 6) is 0.552. The quantitative estimate of drug-likeness (QED) is 0.803. The average Bonchev–Trinajstić information content (AvgIpc) is 3.24. The summed E-state index contributed by atoms with van der Waals surface area (Å²) in [6, 6.07) is 8.98. The Hall–Kier alpha value is -0.870. The molecule has 1 aromatic rings. The third-order valence-electron chi connectivity index (χ3n) is 4.33. The van der Waals surface area contributed by atoms with Gasteiger partial charge in [-0.25, -0.2) is 8.42 Å². The average molecular weight is 309 g/mol. The molecule has 118 valence electrons. The van der Waals surface area contributed by atoms with E-state index in [9.17, 15) is 8.42 Å². The van der Waals surface area contributed by atoms with Gasteiger partial charge in [-0.3, -0.25) is 0 Å². The lowest BCUT2D eigenvalue weighted by Crippen LogP contribution is -2.27. The molecule has 4 heteroatoms. The Morgan fingerprint density at radius 1 is 1.24 bits per heavy atom. The fourth-order valence-electron chi connectivity index (χ4n) is 2.55. The molecule has 1 fully saturated rings. The minimum atomic E-state index is -2.96. The minimum absolute atomic E-state index is 0.274. The van der Waals surface area contributed by atoms with Gasteiger partial charge in [-0.05, 0) is 57.1 Å². The fraction of sp³-hybridized carbons (Fsp3) is 0.647. The molecule has 0 aliphatic heterocycles. The summed E-state index contributed by atoms with van der Waals surface area (Å²) < 4.78 is 24.2. The Morgan fingerprint density at radius 3 is 2.48 bits per heavy atom. The van der Waals surface area contributed by atoms with E-state index in [1.54, 1.807) is 13.8 Å². The van der Waals surface area contributed by atoms with Crippen LogP contribution in [0.3, 0.4) is 0 Å². The van der Waals surface area contributed by atoms with Gasteiger partial charge in [0.2, 0.25) is 0 Å². The molecule has 0 heterocycles. The summed E-state index contributed by atoms with van der Waals surface area (Å²) in [5, 5.41) is 3.27. The van der Waals surface area contributed by atoms with Crippen LogP contribution in [-0.2, 0) is 9.84 Å². The van der Waals surface area contributed by atoms with Crippen molar-refractivity contribution in [1.82, 2.24) is 5.32 Å². The highest BCUT2D eigenvalue weighted by Gasteiger charge is 2.25. The van der Waals surface area contributed by atoms with Crippen LogP contribution in [0, 0.1) is 6.92 Å². The molecule has 1 aliphatic rings. The van der Waals surface area contributed by atoms with Crippen molar-refractivity contribution in [2.24, 2.45) is 0 Å². The van der Waals surface area contributed by atoms with Crippen molar-refractivity contribution in [2.75, 3.05) is 12.3 Å². The van der Waals surface area contributed by atoms with E-state index in [4.69, 9.17) is 0 Å². The summed E-state index contributed by atoms with van der Waals surface area (Å²) in [5.41, 5.74) is 2.53. The van der Waals surface area contributed by atoms with E-state index < -0.39 is 9.84 Å². The third-order valence-corrected chi connectivity index (χ3v) is 6.57. The number of benzene rings is 1. The molecule has 0 aromatic heterocycles. The number of hydrogen-bond donors (Lipinski definition) is 1. The second-order valence-corrected chi connectivity index (χ2v) is 9.12. The van der Waals surface area contributed by atoms with Gasteiger partial charge < -0.3 is 5.32 Å². The van der Waals surface area contributed by atoms with Gasteiger partial charge in [0.25, 0.3) is 0 Å². The Morgan fingerprint density at radius 2 is 1.90 bits per heavy atom. The first-order valence-corrected chi connectivity index (χ1v) is 9.62. The maximum absolute atomic E-state index is 12.1. The van der Waals surface area contributed by atoms with Crippen LogP contribution in [0.25, 0.3) is 0 Å². The summed E-state index contributed by atoms with van der Waals surface area (Å²) >= 11 is 0. The van der Waals surface area contributed by atoms with Crippen LogP contribution < -0.4 is 5.32 Å². The summed E-state index contributed by atoms with van der Waals surface area (Å²) in [4.78, 5) is 0. The lowest BCUT2D eigenvalue weighted by molar-refractivity contribution is 0.549. The van der Waals surface area contributed by atoms with Crippen LogP contribution in [-0.4, -0.2) is 32.0 Å². The normalized spacial score (nSPS) is 17.1. The highest BCUT2D eigenvalue weighted by molar-refractivity contribution is 7.91. The van der Waals surface area contributed by atoms with Gasteiger partial charge in [0, 0.05) is 12.6 Å². The summed E-state index contributed by atoms with van der Waals surface area (Å²) in [6.45, 7) is 6.51. The zero-order valence-electron chi connectivity index (χ0n) is 13.3. The molecule has 1 saturated carbocycles. The standard InChI is InChI=1S/C17H27NO2S/c1-13(2)21(19,20)11-10-15(12-18-16-8-9-16)17-7-5-4-6-14(17)3/h4-7,13,15-16,18H,8-12H2,1-3H3. The van der Waals surface area contributed by atoms with Crippen LogP contribution in [0.2, 0.25) is 0 Å². The Kier molecular flexibility index (Phi) is 5.44. The van der Waals surface area contributed by atoms with Crippen molar-refractivity contribution in [3.63, 3.8) is 0 Å². The van der Waals surface area contributed by atoms with Crippen molar-refractivity contribution in [2.45, 2.75) is 57.2 Å². The molecule has 0 radical (unpaired) electrons. The van der Waals surface area contributed by atoms with Crippen LogP contribution in [0.4, 0.5) is 0 Å². The molecule has 21 heavy (non-hydrogen) atoms. The molecule has 0 bridgehead atoms. The summed E-state index contributed by atoms with van der Waals surface area (Å²) in [6.07, 6.45) is 3.21. The molecular weight excluding hydrogens is 282 g/mol. The van der Waals surface area contributed by atoms with Gasteiger partial charge in [-0.15, -0.1) is 0 Å². The van der Waals surface area contributed by atoms with Gasteiger partial charge >= 0.3 is 0 Å². The van der Waals surface area contributed by atoms with Crippen LogP contribution >= 0.6 is 0 Å². The lowest BCUT2D eigenvalue weighted by Gasteiger charge is -2.21. The maximum atomic E-state index is 12.1. The first kappa shape index (κ1) is 16.5. The predicted octanol–water partition coefficient (Wildman–Crippen LogP) is 3.04. The molecule has 1 atom stereocenters. The van der Waals surface area contributed by atoms with Gasteiger partial charge in [0.15, 0.2) is 9.84 Å². The molecule has 2 rings (SSSR count). The number of rotatable bonds is 8. The number of nitrogens with one attached hydrogen (secondary N) is 1. The number of aryl methyl sites for hydroxylation is 1. The van der Waals surface area contributed by atoms with Crippen molar-refractivity contribution in [1.29, 1.82) is 0 Å². The molecule has 1 aliphatic carbocycles. The van der Waals surface area contributed by atoms with E-state index >= 15 is 0 Å². The zero-order chi connectivity index (χ0) is 15.5. The summed E-state index contributed by atoms with van der Waals surface area (Å²) in [7, 11) is -2.96. The van der Waals surface area contributed by atoms with Gasteiger partial charge in [0.05, 0.1) is 11.0 Å². The Balaban J connectivity index is 2.06. The molecule has 3 nitrogen and oxygen atoms in total. The van der Waals surface area contributed by atoms with Crippen LogP contribution in [0.5, 0.6) is 0 Å². The highest BCUT2D eigenvalue weighted by Crippen LogP contribution is 2.26. The van der Waals surface area contributed by atoms with E-state index in [1.165, 1.54) is 24.0 Å². The second-order valence-electron chi connectivity index (χ2n) is 6.44. The minimum Gasteiger partial charge on any atom is -0.313 e. The van der Waals surface area contributed by atoms with Crippen LogP contribution in [0.1, 0.15) is 50.2 Å². The molecule has 1 unspecified atom stereocenters. The van der Waals surface area contributed by atoms with E-state index in [2.05, 4.69) is 24.4 Å². The van der Waals surface area contributed by atoms with E-state index in [1.807, 2.05) is 12.1 Å². The number of hydrogen-bond acceptors (Lipinski definition) is 3. The van der Waals surface area contributed by atoms with Crippen molar-refractivity contribution in [3.8, 4) is 0 Å². The smallest absolute Gasteiger partial charge is 0.152 e. The monoisotopic (exact) mass is 309 g/mol. The second kappa shape index (κ2) is 6.93. The molecule has 1 N–H and O–H groups in total. The van der Waals surface area contributed by atoms with Gasteiger partial charge in [0.1, 0.15) is 0 Å². The van der Waals surface area contributed by atoms with Gasteiger partial charge in [-0.2, -0.15) is 0 Å². The number of sulfone groups is 1. The Bertz CT molecular complexity index is 562. The zero-order valence-corrected chi connectivity index (χ0v) is 14.1. The first-order chi connectivity index (χ1) is 9.90. The highest BCUT2D eigenvalue weighted by atomic mass is 32.2. The molecule has 0 spiro atoms. The lowest BCUT2D eigenvalue weighted by atomic mass is 9.92. The first-order valence-electron chi connectivity index (χ1n) is 7.90. The van der Waals surface area contributed by atoms with Gasteiger partial charge in [-0.1, -0.05) is 24.3 Å². The molecule has 0 amide bonds. The Labute approximate surface area is 129 Å². The molecule has 1 aromatic carbocycles. The largest absolute Gasteiger partial charge is 0.313 e. The topological polar surface area (TPSA) is 46.2 Å². The van der Waals surface area contributed by atoms with E-state index in [0.29, 0.717) is 12.5 Å². The predicted molar refractivity (Wildman–Crippen MR) is 88.5 cm³/mol. The SMILES string of the molecule is Cc1ccccc1C(CCS(=O)(=O)C(C)C)CNC1CC1.